The highest BCUT2D eigenvalue weighted by Crippen LogP contribution is 2.29. The molecule has 4 rings (SSSR count). The Morgan fingerprint density at radius 2 is 1.97 bits per heavy atom. The summed E-state index contributed by atoms with van der Waals surface area (Å²) in [5, 5.41) is 12.2. The number of para-hydroxylation sites is 2. The number of thiazole rings is 1. The van der Waals surface area contributed by atoms with E-state index in [-0.39, 0.29) is 5.78 Å². The molecule has 1 aromatic heterocycles. The van der Waals surface area contributed by atoms with E-state index >= 15 is 0 Å². The normalized spacial score (nSPS) is 15.1. The van der Waals surface area contributed by atoms with E-state index in [1.807, 2.05) is 54.8 Å². The van der Waals surface area contributed by atoms with E-state index in [1.54, 1.807) is 0 Å². The minimum absolute atomic E-state index is 0.0626. The molecule has 0 amide bonds. The second kappa shape index (κ2) is 10.9. The van der Waals surface area contributed by atoms with Gasteiger partial charge in [0, 0.05) is 15.4 Å². The molecule has 2 aromatic carbocycles. The molecule has 0 aliphatic carbocycles. The SMILES string of the molecule is CCOc1ccccc1N1CC[NH+](CC(=O)[C@@H](C#N)c2nc(-c3ccc(Br)cc3)cs2)CC1. The van der Waals surface area contributed by atoms with E-state index in [1.165, 1.54) is 16.2 Å². The lowest BCUT2D eigenvalue weighted by atomic mass is 10.1. The Kier molecular flexibility index (Phi) is 7.76. The fourth-order valence-corrected chi connectivity index (χ4v) is 5.18. The average molecular weight is 526 g/mol. The Hall–Kier alpha value is -2.73. The number of hydrogen-bond acceptors (Lipinski definition) is 6. The van der Waals surface area contributed by atoms with Crippen molar-refractivity contribution in [2.45, 2.75) is 12.8 Å². The predicted molar refractivity (Wildman–Crippen MR) is 134 cm³/mol. The first-order chi connectivity index (χ1) is 16.1. The zero-order chi connectivity index (χ0) is 23.2. The fraction of sp³-hybridized carbons (Fsp3) is 0.320. The predicted octanol–water partition coefficient (Wildman–Crippen LogP) is 3.55. The molecule has 1 N–H and O–H groups in total. The number of nitrogens with zero attached hydrogens (tertiary/aromatic N) is 3. The van der Waals surface area contributed by atoms with Crippen LogP contribution in [0.3, 0.4) is 0 Å². The summed E-state index contributed by atoms with van der Waals surface area (Å²) in [5.41, 5.74) is 2.87. The molecule has 1 aliphatic rings. The van der Waals surface area contributed by atoms with Gasteiger partial charge in [0.05, 0.1) is 50.2 Å². The van der Waals surface area contributed by atoms with Gasteiger partial charge in [0.2, 0.25) is 5.78 Å². The largest absolute Gasteiger partial charge is 0.492 e. The number of carbonyl (C=O) groups excluding carboxylic acids is 1. The van der Waals surface area contributed by atoms with Gasteiger partial charge in [-0.15, -0.1) is 11.3 Å². The number of aromatic nitrogens is 1. The van der Waals surface area contributed by atoms with Crippen LogP contribution < -0.4 is 14.5 Å². The maximum atomic E-state index is 13.0. The van der Waals surface area contributed by atoms with Gasteiger partial charge >= 0.3 is 0 Å². The van der Waals surface area contributed by atoms with E-state index in [0.29, 0.717) is 18.2 Å². The summed E-state index contributed by atoms with van der Waals surface area (Å²) >= 11 is 4.81. The summed E-state index contributed by atoms with van der Waals surface area (Å²) in [6.45, 7) is 6.32. The number of Topliss-reactive ketones (excluding diaryl/α,β-unsaturated/α-hetero) is 1. The second-order valence-electron chi connectivity index (χ2n) is 7.92. The first kappa shape index (κ1) is 23.4. The molecule has 0 radical (unpaired) electrons. The van der Waals surface area contributed by atoms with Crippen LogP contribution in [-0.4, -0.2) is 50.1 Å². The number of nitriles is 1. The van der Waals surface area contributed by atoms with Crippen molar-refractivity contribution in [2.24, 2.45) is 0 Å². The van der Waals surface area contributed by atoms with Crippen molar-refractivity contribution < 1.29 is 14.4 Å². The number of nitrogens with one attached hydrogen (secondary N) is 1. The topological polar surface area (TPSA) is 70.7 Å². The van der Waals surface area contributed by atoms with E-state index in [0.717, 1.165) is 53.3 Å². The lowest BCUT2D eigenvalue weighted by Crippen LogP contribution is -3.15. The highest BCUT2D eigenvalue weighted by Gasteiger charge is 2.30. The lowest BCUT2D eigenvalue weighted by molar-refractivity contribution is -0.892. The van der Waals surface area contributed by atoms with Gasteiger partial charge in [-0.25, -0.2) is 4.98 Å². The van der Waals surface area contributed by atoms with Crippen LogP contribution in [0.2, 0.25) is 0 Å². The van der Waals surface area contributed by atoms with Crippen LogP contribution in [0, 0.1) is 11.3 Å². The van der Waals surface area contributed by atoms with Gasteiger partial charge in [0.25, 0.3) is 0 Å². The highest BCUT2D eigenvalue weighted by atomic mass is 79.9. The molecular formula is C25H26BrN4O2S+. The number of benzene rings is 2. The number of carbonyl (C=O) groups is 1. The summed E-state index contributed by atoms with van der Waals surface area (Å²) in [6.07, 6.45) is 0. The fourth-order valence-electron chi connectivity index (χ4n) is 4.02. The average Bonchev–Trinajstić information content (AvgIpc) is 3.31. The third kappa shape index (κ3) is 5.61. The first-order valence-electron chi connectivity index (χ1n) is 11.0. The van der Waals surface area contributed by atoms with Crippen LogP contribution in [0.5, 0.6) is 5.75 Å². The highest BCUT2D eigenvalue weighted by molar-refractivity contribution is 9.10. The van der Waals surface area contributed by atoms with Crippen molar-refractivity contribution in [3.8, 4) is 23.1 Å². The number of piperazine rings is 1. The summed E-state index contributed by atoms with van der Waals surface area (Å²) in [4.78, 5) is 21.1. The van der Waals surface area contributed by atoms with Gasteiger partial charge in [0.15, 0.2) is 5.92 Å². The zero-order valence-corrected chi connectivity index (χ0v) is 20.9. The van der Waals surface area contributed by atoms with Gasteiger partial charge in [-0.2, -0.15) is 5.26 Å². The molecule has 3 aromatic rings. The Labute approximate surface area is 206 Å². The molecule has 8 heteroatoms. The molecule has 0 spiro atoms. The molecule has 1 aliphatic heterocycles. The number of rotatable bonds is 8. The van der Waals surface area contributed by atoms with Crippen molar-refractivity contribution in [1.82, 2.24) is 4.98 Å². The summed E-state index contributed by atoms with van der Waals surface area (Å²) in [5.74, 6) is 0.0187. The van der Waals surface area contributed by atoms with Crippen LogP contribution in [0.25, 0.3) is 11.3 Å². The van der Waals surface area contributed by atoms with E-state index in [4.69, 9.17) is 4.74 Å². The number of hydrogen-bond donors (Lipinski definition) is 1. The Balaban J connectivity index is 1.37. The molecule has 1 saturated heterocycles. The van der Waals surface area contributed by atoms with Crippen LogP contribution in [0.1, 0.15) is 17.8 Å². The van der Waals surface area contributed by atoms with Crippen LogP contribution in [-0.2, 0) is 4.79 Å². The van der Waals surface area contributed by atoms with E-state index in [2.05, 4.69) is 37.9 Å². The number of ether oxygens (including phenoxy) is 1. The summed E-state index contributed by atoms with van der Waals surface area (Å²) in [7, 11) is 0. The Morgan fingerprint density at radius 3 is 2.67 bits per heavy atom. The maximum absolute atomic E-state index is 13.0. The monoisotopic (exact) mass is 525 g/mol. The number of anilines is 1. The van der Waals surface area contributed by atoms with Gasteiger partial charge in [0.1, 0.15) is 17.3 Å². The standard InChI is InChI=1S/C25H25BrN4O2S/c1-2-32-24-6-4-3-5-22(24)30-13-11-29(12-14-30)16-23(31)20(15-27)25-28-21(17-33-25)18-7-9-19(26)10-8-18/h3-10,17,20H,2,11-14,16H2,1H3/p+1/t20-/m1/s1. The zero-order valence-electron chi connectivity index (χ0n) is 18.5. The number of quaternary nitrogens is 1. The molecular weight excluding hydrogens is 500 g/mol. The smallest absolute Gasteiger partial charge is 0.210 e. The minimum Gasteiger partial charge on any atom is -0.492 e. The van der Waals surface area contributed by atoms with Gasteiger partial charge in [-0.1, -0.05) is 40.2 Å². The lowest BCUT2D eigenvalue weighted by Gasteiger charge is -2.34. The molecule has 170 valence electrons. The first-order valence-corrected chi connectivity index (χ1v) is 12.7. The van der Waals surface area contributed by atoms with Crippen LogP contribution in [0.4, 0.5) is 5.69 Å². The van der Waals surface area contributed by atoms with Crippen molar-refractivity contribution in [3.05, 3.63) is 63.4 Å². The van der Waals surface area contributed by atoms with E-state index in [9.17, 15) is 10.1 Å². The maximum Gasteiger partial charge on any atom is 0.210 e. The van der Waals surface area contributed by atoms with Crippen LogP contribution in [0.15, 0.2) is 58.4 Å². The molecule has 0 bridgehead atoms. The van der Waals surface area contributed by atoms with Crippen LogP contribution >= 0.6 is 27.3 Å². The molecule has 1 fully saturated rings. The van der Waals surface area contributed by atoms with Crippen molar-refractivity contribution in [1.29, 1.82) is 5.26 Å². The molecule has 0 unspecified atom stereocenters. The summed E-state index contributed by atoms with van der Waals surface area (Å²) < 4.78 is 6.77. The number of halogens is 1. The molecule has 2 heterocycles. The van der Waals surface area contributed by atoms with Crippen molar-refractivity contribution in [3.63, 3.8) is 0 Å². The Morgan fingerprint density at radius 1 is 1.24 bits per heavy atom. The summed E-state index contributed by atoms with van der Waals surface area (Å²) in [6, 6.07) is 18.1. The van der Waals surface area contributed by atoms with Gasteiger partial charge in [-0.05, 0) is 31.2 Å². The van der Waals surface area contributed by atoms with Crippen molar-refractivity contribution in [2.75, 3.05) is 44.2 Å². The second-order valence-corrected chi connectivity index (χ2v) is 9.73. The minimum atomic E-state index is -0.816. The quantitative estimate of drug-likeness (QED) is 0.486. The van der Waals surface area contributed by atoms with E-state index < -0.39 is 5.92 Å². The molecule has 0 saturated carbocycles. The third-order valence-corrected chi connectivity index (χ3v) is 7.20. The van der Waals surface area contributed by atoms with Gasteiger partial charge < -0.3 is 14.5 Å². The molecule has 6 nitrogen and oxygen atoms in total. The van der Waals surface area contributed by atoms with Gasteiger partial charge in [-0.3, -0.25) is 4.79 Å². The Bertz CT molecular complexity index is 1130. The van der Waals surface area contributed by atoms with Crippen molar-refractivity contribution >= 4 is 38.7 Å². The number of ketones is 1. The molecule has 1 atom stereocenters. The third-order valence-electron chi connectivity index (χ3n) is 5.76. The molecule has 33 heavy (non-hydrogen) atoms.